The highest BCUT2D eigenvalue weighted by Gasteiger charge is 2.07. The van der Waals surface area contributed by atoms with Crippen molar-refractivity contribution < 1.29 is 4.39 Å². The van der Waals surface area contributed by atoms with Crippen LogP contribution in [0.5, 0.6) is 0 Å². The number of nitrogens with zero attached hydrogens (tertiary/aromatic N) is 1. The molecule has 0 bridgehead atoms. The zero-order valence-corrected chi connectivity index (χ0v) is 11.2. The summed E-state index contributed by atoms with van der Waals surface area (Å²) in [6, 6.07) is 12.6. The highest BCUT2D eigenvalue weighted by Crippen LogP contribution is 2.22. The second-order valence-electron chi connectivity index (χ2n) is 5.13. The molecule has 2 aromatic carbocycles. The first-order valence-electron chi connectivity index (χ1n) is 6.62. The van der Waals surface area contributed by atoms with Crippen molar-refractivity contribution in [3.63, 3.8) is 0 Å². The van der Waals surface area contributed by atoms with Gasteiger partial charge in [0.15, 0.2) is 0 Å². The Bertz CT molecular complexity index is 746. The molecule has 0 spiro atoms. The third-order valence-electron chi connectivity index (χ3n) is 3.20. The molecule has 3 N–H and O–H groups in total. The Hall–Kier alpha value is -2.20. The molecular formula is C16H16FN3. The van der Waals surface area contributed by atoms with Crippen LogP contribution in [0.3, 0.4) is 0 Å². The van der Waals surface area contributed by atoms with Gasteiger partial charge in [-0.3, -0.25) is 0 Å². The standard InChI is InChI=1S/C16H16FN3/c1-10(18)7-11-5-6-14-15(8-11)20-16(19-14)12-3-2-4-13(17)9-12/h2-6,8-10H,7,18H2,1H3,(H,19,20). The Morgan fingerprint density at radius 3 is 2.85 bits per heavy atom. The minimum atomic E-state index is -0.263. The van der Waals surface area contributed by atoms with E-state index in [-0.39, 0.29) is 11.9 Å². The third kappa shape index (κ3) is 2.56. The van der Waals surface area contributed by atoms with Gasteiger partial charge in [-0.15, -0.1) is 0 Å². The van der Waals surface area contributed by atoms with Gasteiger partial charge in [-0.1, -0.05) is 18.2 Å². The van der Waals surface area contributed by atoms with Crippen molar-refractivity contribution in [2.45, 2.75) is 19.4 Å². The van der Waals surface area contributed by atoms with Gasteiger partial charge in [0, 0.05) is 11.6 Å². The number of fused-ring (bicyclic) bond motifs is 1. The highest BCUT2D eigenvalue weighted by molar-refractivity contribution is 5.80. The predicted octanol–water partition coefficient (Wildman–Crippen LogP) is 3.26. The number of aromatic amines is 1. The lowest BCUT2D eigenvalue weighted by Crippen LogP contribution is -2.17. The van der Waals surface area contributed by atoms with Gasteiger partial charge in [0.2, 0.25) is 0 Å². The van der Waals surface area contributed by atoms with Crippen molar-refractivity contribution in [1.29, 1.82) is 0 Å². The predicted molar refractivity (Wildman–Crippen MR) is 78.8 cm³/mol. The van der Waals surface area contributed by atoms with E-state index in [0.717, 1.165) is 23.0 Å². The Morgan fingerprint density at radius 1 is 1.25 bits per heavy atom. The van der Waals surface area contributed by atoms with Gasteiger partial charge in [0.1, 0.15) is 11.6 Å². The molecule has 20 heavy (non-hydrogen) atoms. The van der Waals surface area contributed by atoms with E-state index in [1.54, 1.807) is 6.07 Å². The topological polar surface area (TPSA) is 54.7 Å². The van der Waals surface area contributed by atoms with Crippen molar-refractivity contribution in [2.75, 3.05) is 0 Å². The first kappa shape index (κ1) is 12.8. The number of nitrogens with one attached hydrogen (secondary N) is 1. The number of benzene rings is 2. The fraction of sp³-hybridized carbons (Fsp3) is 0.188. The largest absolute Gasteiger partial charge is 0.338 e. The van der Waals surface area contributed by atoms with Crippen LogP contribution in [-0.4, -0.2) is 16.0 Å². The van der Waals surface area contributed by atoms with Gasteiger partial charge < -0.3 is 10.7 Å². The zero-order chi connectivity index (χ0) is 14.1. The molecule has 0 aliphatic heterocycles. The van der Waals surface area contributed by atoms with Crippen molar-refractivity contribution in [2.24, 2.45) is 5.73 Å². The number of hydrogen-bond acceptors (Lipinski definition) is 2. The average Bonchev–Trinajstić information content (AvgIpc) is 2.81. The first-order chi connectivity index (χ1) is 9.61. The van der Waals surface area contributed by atoms with Crippen LogP contribution in [0, 0.1) is 5.82 Å². The maximum atomic E-state index is 13.3. The lowest BCUT2D eigenvalue weighted by Gasteiger charge is -2.04. The molecule has 1 atom stereocenters. The number of nitrogens with two attached hydrogens (primary N) is 1. The molecule has 1 heterocycles. The van der Waals surface area contributed by atoms with Crippen molar-refractivity contribution in [1.82, 2.24) is 9.97 Å². The third-order valence-corrected chi connectivity index (χ3v) is 3.20. The molecule has 1 unspecified atom stereocenters. The van der Waals surface area contributed by atoms with E-state index in [0.29, 0.717) is 5.82 Å². The average molecular weight is 269 g/mol. The number of hydrogen-bond donors (Lipinski definition) is 2. The summed E-state index contributed by atoms with van der Waals surface area (Å²) in [5, 5.41) is 0. The Balaban J connectivity index is 2.02. The van der Waals surface area contributed by atoms with E-state index in [1.165, 1.54) is 17.7 Å². The second-order valence-corrected chi connectivity index (χ2v) is 5.13. The summed E-state index contributed by atoms with van der Waals surface area (Å²) >= 11 is 0. The lowest BCUT2D eigenvalue weighted by atomic mass is 10.1. The molecule has 102 valence electrons. The van der Waals surface area contributed by atoms with Gasteiger partial charge in [-0.2, -0.15) is 0 Å². The van der Waals surface area contributed by atoms with Crippen molar-refractivity contribution in [3.05, 3.63) is 53.8 Å². The van der Waals surface area contributed by atoms with E-state index < -0.39 is 0 Å². The molecule has 0 saturated heterocycles. The SMILES string of the molecule is CC(N)Cc1ccc2nc(-c3cccc(F)c3)[nH]c2c1. The maximum absolute atomic E-state index is 13.3. The van der Waals surface area contributed by atoms with E-state index in [4.69, 9.17) is 5.73 Å². The van der Waals surface area contributed by atoms with Gasteiger partial charge in [0.05, 0.1) is 11.0 Å². The Kier molecular flexibility index (Phi) is 3.24. The quantitative estimate of drug-likeness (QED) is 0.766. The molecule has 0 fully saturated rings. The van der Waals surface area contributed by atoms with E-state index in [9.17, 15) is 4.39 Å². The number of aromatic nitrogens is 2. The molecule has 3 rings (SSSR count). The monoisotopic (exact) mass is 269 g/mol. The van der Waals surface area contributed by atoms with Crippen LogP contribution < -0.4 is 5.73 Å². The molecule has 3 nitrogen and oxygen atoms in total. The highest BCUT2D eigenvalue weighted by atomic mass is 19.1. The number of H-pyrrole nitrogens is 1. The smallest absolute Gasteiger partial charge is 0.138 e. The minimum absolute atomic E-state index is 0.123. The van der Waals surface area contributed by atoms with E-state index in [2.05, 4.69) is 16.0 Å². The summed E-state index contributed by atoms with van der Waals surface area (Å²) in [7, 11) is 0. The summed E-state index contributed by atoms with van der Waals surface area (Å²) < 4.78 is 13.3. The number of rotatable bonds is 3. The molecule has 0 saturated carbocycles. The van der Waals surface area contributed by atoms with Crippen LogP contribution in [0.2, 0.25) is 0 Å². The van der Waals surface area contributed by atoms with Gasteiger partial charge in [-0.05, 0) is 43.2 Å². The van der Waals surface area contributed by atoms with Crippen LogP contribution in [-0.2, 0) is 6.42 Å². The summed E-state index contributed by atoms with van der Waals surface area (Å²) in [5.74, 6) is 0.415. The molecule has 0 amide bonds. The van der Waals surface area contributed by atoms with E-state index >= 15 is 0 Å². The molecule has 1 aromatic heterocycles. The van der Waals surface area contributed by atoms with Crippen LogP contribution in [0.15, 0.2) is 42.5 Å². The first-order valence-corrected chi connectivity index (χ1v) is 6.62. The van der Waals surface area contributed by atoms with Crippen LogP contribution in [0.25, 0.3) is 22.4 Å². The van der Waals surface area contributed by atoms with Crippen LogP contribution >= 0.6 is 0 Å². The maximum Gasteiger partial charge on any atom is 0.138 e. The van der Waals surface area contributed by atoms with Crippen molar-refractivity contribution >= 4 is 11.0 Å². The fourth-order valence-electron chi connectivity index (χ4n) is 2.33. The summed E-state index contributed by atoms with van der Waals surface area (Å²) in [6.45, 7) is 1.98. The molecule has 4 heteroatoms. The fourth-order valence-corrected chi connectivity index (χ4v) is 2.33. The Labute approximate surface area is 116 Å². The van der Waals surface area contributed by atoms with Crippen molar-refractivity contribution in [3.8, 4) is 11.4 Å². The normalized spacial score (nSPS) is 12.8. The molecule has 3 aromatic rings. The molecule has 0 aliphatic carbocycles. The molecule has 0 aliphatic rings. The van der Waals surface area contributed by atoms with E-state index in [1.807, 2.05) is 25.1 Å². The second kappa shape index (κ2) is 5.06. The van der Waals surface area contributed by atoms with Crippen LogP contribution in [0.1, 0.15) is 12.5 Å². The zero-order valence-electron chi connectivity index (χ0n) is 11.2. The Morgan fingerprint density at radius 2 is 2.10 bits per heavy atom. The summed E-state index contributed by atoms with van der Waals surface area (Å²) in [4.78, 5) is 7.72. The number of halogens is 1. The van der Waals surface area contributed by atoms with Crippen LogP contribution in [0.4, 0.5) is 4.39 Å². The van der Waals surface area contributed by atoms with Gasteiger partial charge >= 0.3 is 0 Å². The molecule has 0 radical (unpaired) electrons. The summed E-state index contributed by atoms with van der Waals surface area (Å²) in [5.41, 5.74) is 9.55. The lowest BCUT2D eigenvalue weighted by molar-refractivity contribution is 0.628. The van der Waals surface area contributed by atoms with Gasteiger partial charge in [0.25, 0.3) is 0 Å². The number of imidazole rings is 1. The van der Waals surface area contributed by atoms with Gasteiger partial charge in [-0.25, -0.2) is 9.37 Å². The summed E-state index contributed by atoms with van der Waals surface area (Å²) in [6.07, 6.45) is 0.824. The minimum Gasteiger partial charge on any atom is -0.338 e. The molecular weight excluding hydrogens is 253 g/mol.